The van der Waals surface area contributed by atoms with Gasteiger partial charge in [-0.25, -0.2) is 13.8 Å². The molecule has 1 N–H and O–H groups in total. The number of nitrogens with one attached hydrogen (secondary N) is 1. The normalized spacial score (nSPS) is 11.3. The summed E-state index contributed by atoms with van der Waals surface area (Å²) in [6.45, 7) is 1.91. The Morgan fingerprint density at radius 1 is 1.07 bits per heavy atom. The number of H-pyrrole nitrogens is 1. The third-order valence-electron chi connectivity index (χ3n) is 4.46. The van der Waals surface area contributed by atoms with Crippen molar-refractivity contribution in [3.05, 3.63) is 86.9 Å². The van der Waals surface area contributed by atoms with E-state index >= 15 is 0 Å². The number of halogens is 2. The second-order valence-corrected chi connectivity index (χ2v) is 6.78. The summed E-state index contributed by atoms with van der Waals surface area (Å²) >= 11 is 5.34. The van der Waals surface area contributed by atoms with E-state index in [2.05, 4.69) is 9.97 Å². The maximum absolute atomic E-state index is 13.9. The molecular weight excluding hydrogens is 380 g/mol. The molecule has 0 radical (unpaired) electrons. The number of aromatic amines is 1. The third-order valence-corrected chi connectivity index (χ3v) is 4.74. The highest BCUT2D eigenvalue weighted by atomic mass is 32.1. The number of hydrogen-bond acceptors (Lipinski definition) is 3. The first-order chi connectivity index (χ1) is 13.5. The van der Waals surface area contributed by atoms with Crippen LogP contribution in [0.15, 0.2) is 65.5 Å². The van der Waals surface area contributed by atoms with Gasteiger partial charge in [0.05, 0.1) is 16.8 Å². The smallest absolute Gasteiger partial charge is 0.264 e. The highest BCUT2D eigenvalue weighted by Crippen LogP contribution is 2.30. The fourth-order valence-electron chi connectivity index (χ4n) is 3.19. The van der Waals surface area contributed by atoms with E-state index in [-0.39, 0.29) is 21.4 Å². The van der Waals surface area contributed by atoms with Crippen molar-refractivity contribution in [2.75, 3.05) is 0 Å². The van der Waals surface area contributed by atoms with Gasteiger partial charge in [-0.1, -0.05) is 42.5 Å². The molecule has 0 unspecified atom stereocenters. The Kier molecular flexibility index (Phi) is 4.60. The van der Waals surface area contributed by atoms with Gasteiger partial charge in [-0.05, 0) is 42.9 Å². The van der Waals surface area contributed by atoms with Crippen molar-refractivity contribution in [1.82, 2.24) is 14.5 Å². The summed E-state index contributed by atoms with van der Waals surface area (Å²) in [5.74, 6) is 0. The van der Waals surface area contributed by atoms with Crippen LogP contribution in [0.2, 0.25) is 0 Å². The molecule has 0 saturated heterocycles. The molecule has 0 saturated carbocycles. The molecule has 0 bridgehead atoms. The average molecular weight is 395 g/mol. The number of pyridine rings is 1. The molecule has 0 spiro atoms. The van der Waals surface area contributed by atoms with E-state index in [0.717, 1.165) is 5.56 Å². The molecule has 0 aliphatic carbocycles. The predicted molar refractivity (Wildman–Crippen MR) is 108 cm³/mol. The minimum atomic E-state index is -2.84. The lowest BCUT2D eigenvalue weighted by molar-refractivity contribution is 0.153. The molecule has 0 aliphatic rings. The van der Waals surface area contributed by atoms with E-state index < -0.39 is 12.0 Å². The Labute approximate surface area is 164 Å². The predicted octanol–water partition coefficient (Wildman–Crippen LogP) is 5.36. The summed E-state index contributed by atoms with van der Waals surface area (Å²) < 4.78 is 29.3. The van der Waals surface area contributed by atoms with E-state index in [1.54, 1.807) is 30.3 Å². The third kappa shape index (κ3) is 3.14. The molecule has 4 aromatic rings. The summed E-state index contributed by atoms with van der Waals surface area (Å²) in [7, 11) is 0. The first-order valence-electron chi connectivity index (χ1n) is 8.56. The van der Waals surface area contributed by atoms with Crippen LogP contribution in [0.4, 0.5) is 8.78 Å². The first kappa shape index (κ1) is 18.2. The van der Waals surface area contributed by atoms with Gasteiger partial charge in [0.25, 0.3) is 12.0 Å². The lowest BCUT2D eigenvalue weighted by atomic mass is 10.1. The van der Waals surface area contributed by atoms with E-state index in [4.69, 9.17) is 12.2 Å². The Morgan fingerprint density at radius 3 is 2.50 bits per heavy atom. The first-order valence-corrected chi connectivity index (χ1v) is 8.97. The summed E-state index contributed by atoms with van der Waals surface area (Å²) in [5.41, 5.74) is 1.69. The van der Waals surface area contributed by atoms with Crippen molar-refractivity contribution in [3.63, 3.8) is 0 Å². The van der Waals surface area contributed by atoms with Crippen molar-refractivity contribution >= 4 is 23.3 Å². The summed E-state index contributed by atoms with van der Waals surface area (Å²) in [5, 5.41) is -0.162. The summed E-state index contributed by atoms with van der Waals surface area (Å²) in [4.78, 5) is 19.6. The zero-order valence-corrected chi connectivity index (χ0v) is 15.6. The molecule has 0 atom stereocenters. The van der Waals surface area contributed by atoms with Gasteiger partial charge < -0.3 is 0 Å². The molecule has 4 nitrogen and oxygen atoms in total. The van der Waals surface area contributed by atoms with Gasteiger partial charge in [-0.15, -0.1) is 0 Å². The standard InChI is InChI=1S/C21H15F2N3OS/c1-12-6-5-9-14(10-12)26-19-17(20(27)25-21(26)28)15(18(22)23)11-16(24-19)13-7-3-2-4-8-13/h2-11,18H,1H3,(H,25,27,28). The summed E-state index contributed by atoms with van der Waals surface area (Å²) in [6, 6.07) is 17.6. The molecule has 0 fully saturated rings. The highest BCUT2D eigenvalue weighted by Gasteiger charge is 2.20. The maximum Gasteiger partial charge on any atom is 0.264 e. The van der Waals surface area contributed by atoms with Gasteiger partial charge in [-0.2, -0.15) is 0 Å². The highest BCUT2D eigenvalue weighted by molar-refractivity contribution is 7.71. The Morgan fingerprint density at radius 2 is 1.82 bits per heavy atom. The van der Waals surface area contributed by atoms with Crippen LogP contribution in [0.5, 0.6) is 0 Å². The number of rotatable bonds is 3. The lowest BCUT2D eigenvalue weighted by Gasteiger charge is -2.15. The largest absolute Gasteiger partial charge is 0.298 e. The molecular formula is C21H15F2N3OS. The minimum Gasteiger partial charge on any atom is -0.298 e. The van der Waals surface area contributed by atoms with E-state index in [1.165, 1.54) is 10.6 Å². The second kappa shape index (κ2) is 7.09. The van der Waals surface area contributed by atoms with Crippen LogP contribution in [0.3, 0.4) is 0 Å². The van der Waals surface area contributed by atoms with Crippen LogP contribution in [0.25, 0.3) is 28.0 Å². The topological polar surface area (TPSA) is 50.7 Å². The van der Waals surface area contributed by atoms with Crippen molar-refractivity contribution in [2.24, 2.45) is 0 Å². The van der Waals surface area contributed by atoms with E-state index in [9.17, 15) is 13.6 Å². The molecule has 0 amide bonds. The van der Waals surface area contributed by atoms with Crippen LogP contribution in [-0.4, -0.2) is 14.5 Å². The molecule has 140 valence electrons. The Bertz CT molecular complexity index is 1300. The van der Waals surface area contributed by atoms with Gasteiger partial charge in [0.15, 0.2) is 10.4 Å². The van der Waals surface area contributed by atoms with Crippen molar-refractivity contribution in [2.45, 2.75) is 13.3 Å². The maximum atomic E-state index is 13.9. The molecule has 28 heavy (non-hydrogen) atoms. The monoisotopic (exact) mass is 395 g/mol. The molecule has 2 aromatic heterocycles. The van der Waals surface area contributed by atoms with Crippen molar-refractivity contribution in [1.29, 1.82) is 0 Å². The number of alkyl halides is 2. The molecule has 0 aliphatic heterocycles. The quantitative estimate of drug-likeness (QED) is 0.475. The minimum absolute atomic E-state index is 0.0982. The van der Waals surface area contributed by atoms with Crippen LogP contribution in [-0.2, 0) is 0 Å². The van der Waals surface area contributed by atoms with Gasteiger partial charge in [0.2, 0.25) is 0 Å². The number of aromatic nitrogens is 3. The van der Waals surface area contributed by atoms with Gasteiger partial charge in [-0.3, -0.25) is 14.3 Å². The van der Waals surface area contributed by atoms with Crippen molar-refractivity contribution in [3.8, 4) is 16.9 Å². The molecule has 7 heteroatoms. The average Bonchev–Trinajstić information content (AvgIpc) is 2.67. The number of nitrogens with zero attached hydrogens (tertiary/aromatic N) is 2. The number of hydrogen-bond donors (Lipinski definition) is 1. The van der Waals surface area contributed by atoms with Crippen molar-refractivity contribution < 1.29 is 8.78 Å². The molecule has 4 rings (SSSR count). The molecule has 2 aromatic carbocycles. The second-order valence-electron chi connectivity index (χ2n) is 6.40. The zero-order chi connectivity index (χ0) is 19.8. The van der Waals surface area contributed by atoms with Crippen LogP contribution in [0, 0.1) is 11.7 Å². The Balaban J connectivity index is 2.17. The van der Waals surface area contributed by atoms with E-state index in [1.807, 2.05) is 31.2 Å². The van der Waals surface area contributed by atoms with Crippen LogP contribution in [0.1, 0.15) is 17.6 Å². The van der Waals surface area contributed by atoms with Gasteiger partial charge in [0, 0.05) is 11.1 Å². The van der Waals surface area contributed by atoms with Crippen LogP contribution >= 0.6 is 12.2 Å². The fourth-order valence-corrected chi connectivity index (χ4v) is 3.48. The Hall–Kier alpha value is -3.19. The summed E-state index contributed by atoms with van der Waals surface area (Å²) in [6.07, 6.45) is -2.84. The lowest BCUT2D eigenvalue weighted by Crippen LogP contribution is -2.17. The number of fused-ring (bicyclic) bond motifs is 1. The van der Waals surface area contributed by atoms with Crippen LogP contribution < -0.4 is 5.56 Å². The number of benzene rings is 2. The SMILES string of the molecule is Cc1cccc(-n2c(=S)[nH]c(=O)c3c(C(F)F)cc(-c4ccccc4)nc32)c1. The van der Waals surface area contributed by atoms with E-state index in [0.29, 0.717) is 16.9 Å². The van der Waals surface area contributed by atoms with Gasteiger partial charge in [0.1, 0.15) is 0 Å². The van der Waals surface area contributed by atoms with Gasteiger partial charge >= 0.3 is 0 Å². The number of aryl methyl sites for hydroxylation is 1. The molecule has 2 heterocycles. The zero-order valence-electron chi connectivity index (χ0n) is 14.8. The fraction of sp³-hybridized carbons (Fsp3) is 0.0952.